The lowest BCUT2D eigenvalue weighted by atomic mass is 10.1. The number of aromatic nitrogens is 4. The summed E-state index contributed by atoms with van der Waals surface area (Å²) in [6, 6.07) is 7.21. The Hall–Kier alpha value is -2.91. The molecule has 2 aromatic heterocycles. The van der Waals surface area contributed by atoms with Gasteiger partial charge in [0.05, 0.1) is 17.7 Å². The van der Waals surface area contributed by atoms with E-state index in [9.17, 15) is 4.79 Å². The molecule has 1 aromatic carbocycles. The topological polar surface area (TPSA) is 97.2 Å². The summed E-state index contributed by atoms with van der Waals surface area (Å²) >= 11 is 0. The second kappa shape index (κ2) is 9.06. The van der Waals surface area contributed by atoms with E-state index in [-0.39, 0.29) is 18.3 Å². The summed E-state index contributed by atoms with van der Waals surface area (Å²) in [6.07, 6.45) is 1.86. The van der Waals surface area contributed by atoms with Crippen LogP contribution >= 0.6 is 12.4 Å². The van der Waals surface area contributed by atoms with Crippen molar-refractivity contribution in [1.82, 2.24) is 25.3 Å². The minimum Gasteiger partial charge on any atom is -0.493 e. The molecule has 154 valence electrons. The van der Waals surface area contributed by atoms with Crippen molar-refractivity contribution >= 4 is 40.9 Å². The Morgan fingerprint density at radius 1 is 1.24 bits per heavy atom. The van der Waals surface area contributed by atoms with E-state index in [1.165, 1.54) is 0 Å². The average Bonchev–Trinajstić information content (AvgIpc) is 3.08. The zero-order valence-electron chi connectivity index (χ0n) is 16.4. The normalized spacial score (nSPS) is 13.8. The van der Waals surface area contributed by atoms with Crippen molar-refractivity contribution in [2.45, 2.75) is 6.92 Å². The molecular weight excluding hydrogens is 394 g/mol. The molecule has 2 N–H and O–H groups in total. The van der Waals surface area contributed by atoms with Crippen LogP contribution in [0.25, 0.3) is 10.9 Å². The van der Waals surface area contributed by atoms with Gasteiger partial charge in [0.1, 0.15) is 5.75 Å². The first-order chi connectivity index (χ1) is 13.6. The fourth-order valence-corrected chi connectivity index (χ4v) is 3.27. The maximum atomic E-state index is 12.8. The van der Waals surface area contributed by atoms with Crippen molar-refractivity contribution in [2.24, 2.45) is 7.05 Å². The van der Waals surface area contributed by atoms with Crippen LogP contribution in [0.1, 0.15) is 17.3 Å². The van der Waals surface area contributed by atoms with Gasteiger partial charge in [-0.05, 0) is 25.1 Å². The number of rotatable bonds is 5. The summed E-state index contributed by atoms with van der Waals surface area (Å²) < 4.78 is 7.36. The monoisotopic (exact) mass is 417 g/mol. The molecule has 1 aliphatic rings. The van der Waals surface area contributed by atoms with Gasteiger partial charge in [0.25, 0.3) is 5.91 Å². The third kappa shape index (κ3) is 4.57. The number of benzene rings is 1. The summed E-state index contributed by atoms with van der Waals surface area (Å²) in [6.45, 7) is 5.98. The fraction of sp³-hybridized carbons (Fsp3) is 0.368. The first kappa shape index (κ1) is 20.8. The largest absolute Gasteiger partial charge is 0.493 e. The van der Waals surface area contributed by atoms with Gasteiger partial charge in [-0.15, -0.1) is 22.6 Å². The zero-order chi connectivity index (χ0) is 19.5. The van der Waals surface area contributed by atoms with Crippen molar-refractivity contribution in [3.8, 4) is 5.75 Å². The second-order valence-electron chi connectivity index (χ2n) is 6.61. The number of carbonyl (C=O) groups is 1. The van der Waals surface area contributed by atoms with Gasteiger partial charge < -0.3 is 20.3 Å². The number of piperazine rings is 1. The number of nitrogens with zero attached hydrogens (tertiary/aromatic N) is 5. The first-order valence-electron chi connectivity index (χ1n) is 9.35. The van der Waals surface area contributed by atoms with E-state index in [1.54, 1.807) is 22.9 Å². The van der Waals surface area contributed by atoms with Gasteiger partial charge in [0.15, 0.2) is 11.6 Å². The van der Waals surface area contributed by atoms with E-state index in [1.807, 2.05) is 26.2 Å². The van der Waals surface area contributed by atoms with Crippen molar-refractivity contribution < 1.29 is 9.53 Å². The summed E-state index contributed by atoms with van der Waals surface area (Å²) in [4.78, 5) is 15.0. The Morgan fingerprint density at radius 3 is 2.72 bits per heavy atom. The van der Waals surface area contributed by atoms with Crippen molar-refractivity contribution in [1.29, 1.82) is 0 Å². The maximum Gasteiger partial charge on any atom is 0.260 e. The van der Waals surface area contributed by atoms with Gasteiger partial charge in [-0.25, -0.2) is 0 Å². The summed E-state index contributed by atoms with van der Waals surface area (Å²) in [5.74, 6) is 1.42. The fourth-order valence-electron chi connectivity index (χ4n) is 3.27. The molecule has 0 radical (unpaired) electrons. The maximum absolute atomic E-state index is 12.8. The van der Waals surface area contributed by atoms with Crippen LogP contribution in [0, 0.1) is 0 Å². The standard InChI is InChI=1S/C19H23N7O2.ClH/c1-3-28-16-11-15-13(12-25(2)24-15)10-14(16)19(27)21-17-4-5-18(23-22-17)26-8-6-20-7-9-26;/h4-5,10-12,20H,3,6-9H2,1-2H3,(H,21,22,27);1H. The molecule has 1 fully saturated rings. The highest BCUT2D eigenvalue weighted by molar-refractivity contribution is 6.08. The van der Waals surface area contributed by atoms with E-state index in [4.69, 9.17) is 4.74 Å². The molecule has 0 saturated carbocycles. The van der Waals surface area contributed by atoms with Gasteiger partial charge in [-0.1, -0.05) is 0 Å². The van der Waals surface area contributed by atoms with Crippen LogP contribution in [-0.4, -0.2) is 58.7 Å². The van der Waals surface area contributed by atoms with Crippen LogP contribution in [0.5, 0.6) is 5.75 Å². The third-order valence-corrected chi connectivity index (χ3v) is 4.60. The molecule has 9 nitrogen and oxygen atoms in total. The molecule has 0 spiro atoms. The number of ether oxygens (including phenoxy) is 1. The van der Waals surface area contributed by atoms with E-state index in [0.717, 1.165) is 42.9 Å². The number of halogens is 1. The molecule has 29 heavy (non-hydrogen) atoms. The van der Waals surface area contributed by atoms with Gasteiger partial charge in [-0.2, -0.15) is 5.10 Å². The first-order valence-corrected chi connectivity index (χ1v) is 9.35. The van der Waals surface area contributed by atoms with Gasteiger partial charge in [-0.3, -0.25) is 9.48 Å². The highest BCUT2D eigenvalue weighted by atomic mass is 35.5. The van der Waals surface area contributed by atoms with E-state index in [0.29, 0.717) is 23.7 Å². The van der Waals surface area contributed by atoms with Crippen LogP contribution < -0.4 is 20.3 Å². The average molecular weight is 418 g/mol. The minimum absolute atomic E-state index is 0. The predicted molar refractivity (Wildman–Crippen MR) is 114 cm³/mol. The molecule has 0 unspecified atom stereocenters. The van der Waals surface area contributed by atoms with Crippen molar-refractivity contribution in [3.05, 3.63) is 36.0 Å². The summed E-state index contributed by atoms with van der Waals surface area (Å²) in [5.41, 5.74) is 1.22. The van der Waals surface area contributed by atoms with Crippen molar-refractivity contribution in [3.63, 3.8) is 0 Å². The lowest BCUT2D eigenvalue weighted by Crippen LogP contribution is -2.43. The molecule has 1 amide bonds. The number of carbonyl (C=O) groups excluding carboxylic acids is 1. The summed E-state index contributed by atoms with van der Waals surface area (Å²) in [7, 11) is 1.84. The van der Waals surface area contributed by atoms with E-state index >= 15 is 0 Å². The number of amides is 1. The molecule has 0 bridgehead atoms. The van der Waals surface area contributed by atoms with Crippen LogP contribution in [0.4, 0.5) is 11.6 Å². The van der Waals surface area contributed by atoms with E-state index < -0.39 is 0 Å². The molecule has 3 heterocycles. The summed E-state index contributed by atoms with van der Waals surface area (Å²) in [5, 5.41) is 19.8. The van der Waals surface area contributed by atoms with Gasteiger partial charge >= 0.3 is 0 Å². The molecule has 0 aliphatic carbocycles. The number of fused-ring (bicyclic) bond motifs is 1. The predicted octanol–water partition coefficient (Wildman–Crippen LogP) is 1.85. The molecule has 1 aliphatic heterocycles. The van der Waals surface area contributed by atoms with Crippen molar-refractivity contribution in [2.75, 3.05) is 43.0 Å². The van der Waals surface area contributed by atoms with Crippen LogP contribution in [0.2, 0.25) is 0 Å². The Balaban J connectivity index is 0.00000240. The minimum atomic E-state index is -0.293. The lowest BCUT2D eigenvalue weighted by Gasteiger charge is -2.27. The molecule has 3 aromatic rings. The Bertz CT molecular complexity index is 984. The van der Waals surface area contributed by atoms with E-state index in [2.05, 4.69) is 30.8 Å². The van der Waals surface area contributed by atoms with Crippen LogP contribution in [-0.2, 0) is 7.05 Å². The lowest BCUT2D eigenvalue weighted by molar-refractivity contribution is 0.102. The Morgan fingerprint density at radius 2 is 2.03 bits per heavy atom. The number of hydrogen-bond donors (Lipinski definition) is 2. The molecule has 1 saturated heterocycles. The molecular formula is C19H24ClN7O2. The molecule has 4 rings (SSSR count). The number of nitrogens with one attached hydrogen (secondary N) is 2. The SMILES string of the molecule is CCOc1cc2nn(C)cc2cc1C(=O)Nc1ccc(N2CCNCC2)nn1.Cl. The molecule has 0 atom stereocenters. The zero-order valence-corrected chi connectivity index (χ0v) is 17.2. The van der Waals surface area contributed by atoms with Gasteiger partial charge in [0, 0.05) is 50.9 Å². The third-order valence-electron chi connectivity index (χ3n) is 4.60. The Labute approximate surface area is 174 Å². The number of hydrogen-bond acceptors (Lipinski definition) is 7. The van der Waals surface area contributed by atoms with Crippen LogP contribution in [0.3, 0.4) is 0 Å². The number of anilines is 2. The quantitative estimate of drug-likeness (QED) is 0.653. The number of aryl methyl sites for hydroxylation is 1. The second-order valence-corrected chi connectivity index (χ2v) is 6.61. The Kier molecular flexibility index (Phi) is 6.50. The van der Waals surface area contributed by atoms with Crippen LogP contribution in [0.15, 0.2) is 30.5 Å². The molecule has 10 heteroatoms. The highest BCUT2D eigenvalue weighted by Crippen LogP contribution is 2.26. The highest BCUT2D eigenvalue weighted by Gasteiger charge is 2.17. The van der Waals surface area contributed by atoms with Gasteiger partial charge in [0.2, 0.25) is 0 Å². The smallest absolute Gasteiger partial charge is 0.260 e.